The van der Waals surface area contributed by atoms with Gasteiger partial charge in [-0.05, 0) is 53.1 Å². The van der Waals surface area contributed by atoms with E-state index in [4.69, 9.17) is 16.3 Å². The number of rotatable bonds is 6. The first-order valence-electron chi connectivity index (χ1n) is 9.69. The molecule has 4 nitrogen and oxygen atoms in total. The molecule has 0 unspecified atom stereocenters. The van der Waals surface area contributed by atoms with Gasteiger partial charge in [-0.25, -0.2) is 4.68 Å². The van der Waals surface area contributed by atoms with E-state index in [1.54, 1.807) is 36.4 Å². The first-order chi connectivity index (χ1) is 15.3. The molecule has 164 valence electrons. The van der Waals surface area contributed by atoms with E-state index in [9.17, 15) is 18.3 Å². The van der Waals surface area contributed by atoms with E-state index in [0.717, 1.165) is 27.4 Å². The largest absolute Gasteiger partial charge is 0.487 e. The fraction of sp³-hybridized carbons (Fsp3) is 0.125. The van der Waals surface area contributed by atoms with Crippen LogP contribution in [0.3, 0.4) is 0 Å². The highest BCUT2D eigenvalue weighted by atomic mass is 35.5. The molecule has 0 saturated carbocycles. The molecule has 4 aromatic rings. The van der Waals surface area contributed by atoms with Crippen LogP contribution in [0.25, 0.3) is 16.8 Å². The highest BCUT2D eigenvalue weighted by molar-refractivity contribution is 6.32. The number of ether oxygens (including phenoxy) is 1. The van der Waals surface area contributed by atoms with E-state index in [1.165, 1.54) is 0 Å². The molecule has 0 amide bonds. The number of halogens is 4. The van der Waals surface area contributed by atoms with Crippen LogP contribution in [-0.2, 0) is 19.4 Å². The van der Waals surface area contributed by atoms with Crippen molar-refractivity contribution in [3.05, 3.63) is 101 Å². The molecular formula is C24H18ClF3N2O2. The molecule has 1 aromatic heterocycles. The van der Waals surface area contributed by atoms with Crippen molar-refractivity contribution < 1.29 is 23.0 Å². The van der Waals surface area contributed by atoms with Crippen LogP contribution in [0.15, 0.2) is 78.9 Å². The summed E-state index contributed by atoms with van der Waals surface area (Å²) in [5.74, 6) is 0.493. The van der Waals surface area contributed by atoms with E-state index in [0.29, 0.717) is 11.4 Å². The normalized spacial score (nSPS) is 11.5. The lowest BCUT2D eigenvalue weighted by molar-refractivity contribution is -0.141. The van der Waals surface area contributed by atoms with Crippen LogP contribution in [0.1, 0.15) is 17.0 Å². The molecule has 1 heterocycles. The summed E-state index contributed by atoms with van der Waals surface area (Å²) >= 11 is 6.17. The van der Waals surface area contributed by atoms with Gasteiger partial charge in [-0.15, -0.1) is 0 Å². The van der Waals surface area contributed by atoms with Gasteiger partial charge in [0.2, 0.25) is 0 Å². The molecule has 32 heavy (non-hydrogen) atoms. The quantitative estimate of drug-likeness (QED) is 0.370. The molecule has 0 radical (unpaired) electrons. The lowest BCUT2D eigenvalue weighted by atomic mass is 10.0. The van der Waals surface area contributed by atoms with Crippen LogP contribution >= 0.6 is 11.6 Å². The van der Waals surface area contributed by atoms with Crippen molar-refractivity contribution in [3.63, 3.8) is 0 Å². The molecule has 0 bridgehead atoms. The number of aliphatic hydroxyl groups excluding tert-OH is 1. The first kappa shape index (κ1) is 21.9. The molecule has 0 aliphatic heterocycles. The second-order valence-electron chi connectivity index (χ2n) is 7.05. The predicted octanol–water partition coefficient (Wildman–Crippen LogP) is 6.28. The molecule has 0 fully saturated rings. The fourth-order valence-electron chi connectivity index (χ4n) is 3.24. The number of para-hydroxylation sites is 1. The lowest BCUT2D eigenvalue weighted by Gasteiger charge is -2.11. The number of hydrogen-bond acceptors (Lipinski definition) is 3. The average molecular weight is 459 g/mol. The Morgan fingerprint density at radius 3 is 2.34 bits per heavy atom. The second kappa shape index (κ2) is 9.06. The highest BCUT2D eigenvalue weighted by Gasteiger charge is 2.35. The minimum Gasteiger partial charge on any atom is -0.487 e. The third-order valence-corrected chi connectivity index (χ3v) is 5.16. The number of alkyl halides is 3. The molecule has 8 heteroatoms. The highest BCUT2D eigenvalue weighted by Crippen LogP contribution is 2.31. The maximum Gasteiger partial charge on any atom is 0.435 e. The van der Waals surface area contributed by atoms with Crippen molar-refractivity contribution in [2.75, 3.05) is 0 Å². The smallest absolute Gasteiger partial charge is 0.435 e. The summed E-state index contributed by atoms with van der Waals surface area (Å²) in [6.07, 6.45) is -4.59. The van der Waals surface area contributed by atoms with E-state index in [2.05, 4.69) is 5.10 Å². The summed E-state index contributed by atoms with van der Waals surface area (Å²) < 4.78 is 46.7. The standard InChI is InChI=1S/C24H18ClF3N2O2/c25-21-6-1-2-7-22(21)30-19(13-23(29-30)24(26,27)28)15-32-20-10-8-17(9-11-20)18-5-3-4-16(12-18)14-31/h1-13,31H,14-15H2. The number of benzene rings is 3. The molecule has 0 spiro atoms. The molecular weight excluding hydrogens is 441 g/mol. The average Bonchev–Trinajstić information content (AvgIpc) is 3.23. The van der Waals surface area contributed by atoms with Crippen molar-refractivity contribution in [1.29, 1.82) is 0 Å². The first-order valence-corrected chi connectivity index (χ1v) is 10.1. The van der Waals surface area contributed by atoms with Gasteiger partial charge < -0.3 is 9.84 Å². The third-order valence-electron chi connectivity index (χ3n) is 4.84. The van der Waals surface area contributed by atoms with E-state index >= 15 is 0 Å². The number of aliphatic hydroxyl groups is 1. The Labute approximate surface area is 187 Å². The van der Waals surface area contributed by atoms with Gasteiger partial charge in [-0.2, -0.15) is 18.3 Å². The van der Waals surface area contributed by atoms with Crippen LogP contribution in [-0.4, -0.2) is 14.9 Å². The molecule has 1 N–H and O–H groups in total. The van der Waals surface area contributed by atoms with E-state index in [1.807, 2.05) is 36.4 Å². The molecule has 0 aliphatic rings. The number of hydrogen-bond donors (Lipinski definition) is 1. The Morgan fingerprint density at radius 1 is 0.906 bits per heavy atom. The molecule has 3 aromatic carbocycles. The van der Waals surface area contributed by atoms with Crippen molar-refractivity contribution >= 4 is 11.6 Å². The summed E-state index contributed by atoms with van der Waals surface area (Å²) in [6.45, 7) is -0.179. The lowest BCUT2D eigenvalue weighted by Crippen LogP contribution is -2.08. The van der Waals surface area contributed by atoms with Gasteiger partial charge in [0.05, 0.1) is 23.0 Å². The van der Waals surface area contributed by atoms with Gasteiger partial charge in [0.25, 0.3) is 0 Å². The zero-order chi connectivity index (χ0) is 22.7. The maximum absolute atomic E-state index is 13.3. The van der Waals surface area contributed by atoms with Gasteiger partial charge in [-0.3, -0.25) is 0 Å². The Bertz CT molecular complexity index is 1220. The molecule has 4 rings (SSSR count). The van der Waals surface area contributed by atoms with E-state index < -0.39 is 11.9 Å². The van der Waals surface area contributed by atoms with Crippen molar-refractivity contribution in [1.82, 2.24) is 9.78 Å². The van der Waals surface area contributed by atoms with Crippen LogP contribution in [0.4, 0.5) is 13.2 Å². The predicted molar refractivity (Wildman–Crippen MR) is 116 cm³/mol. The minimum absolute atomic E-state index is 0.0476. The summed E-state index contributed by atoms with van der Waals surface area (Å²) in [7, 11) is 0. The monoisotopic (exact) mass is 458 g/mol. The van der Waals surface area contributed by atoms with E-state index in [-0.39, 0.29) is 23.9 Å². The van der Waals surface area contributed by atoms with Crippen LogP contribution in [0, 0.1) is 0 Å². The minimum atomic E-state index is -4.59. The van der Waals surface area contributed by atoms with Gasteiger partial charge in [-0.1, -0.05) is 54.1 Å². The fourth-order valence-corrected chi connectivity index (χ4v) is 3.46. The topological polar surface area (TPSA) is 47.3 Å². The Kier molecular flexibility index (Phi) is 6.21. The van der Waals surface area contributed by atoms with Crippen molar-refractivity contribution in [2.24, 2.45) is 0 Å². The molecule has 0 aliphatic carbocycles. The zero-order valence-electron chi connectivity index (χ0n) is 16.7. The Balaban J connectivity index is 1.57. The molecule has 0 atom stereocenters. The summed E-state index contributed by atoms with van der Waals surface area (Å²) in [5.41, 5.74) is 2.20. The van der Waals surface area contributed by atoms with Crippen molar-refractivity contribution in [2.45, 2.75) is 19.4 Å². The van der Waals surface area contributed by atoms with Crippen molar-refractivity contribution in [3.8, 4) is 22.6 Å². The SMILES string of the molecule is OCc1cccc(-c2ccc(OCc3cc(C(F)(F)F)nn3-c3ccccc3Cl)cc2)c1. The van der Waals surface area contributed by atoms with Gasteiger partial charge in [0.15, 0.2) is 5.69 Å². The maximum atomic E-state index is 13.3. The number of aromatic nitrogens is 2. The van der Waals surface area contributed by atoms with Gasteiger partial charge >= 0.3 is 6.18 Å². The van der Waals surface area contributed by atoms with Crippen LogP contribution < -0.4 is 4.74 Å². The Hall–Kier alpha value is -3.29. The summed E-state index contributed by atoms with van der Waals surface area (Å²) in [6, 6.07) is 22.2. The summed E-state index contributed by atoms with van der Waals surface area (Å²) in [4.78, 5) is 0. The Morgan fingerprint density at radius 2 is 1.66 bits per heavy atom. The summed E-state index contributed by atoms with van der Waals surface area (Å²) in [5, 5.41) is 13.3. The molecule has 0 saturated heterocycles. The van der Waals surface area contributed by atoms with Crippen LogP contribution in [0.5, 0.6) is 5.75 Å². The van der Waals surface area contributed by atoms with Gasteiger partial charge in [0, 0.05) is 0 Å². The number of nitrogens with zero attached hydrogens (tertiary/aromatic N) is 2. The van der Waals surface area contributed by atoms with Gasteiger partial charge in [0.1, 0.15) is 12.4 Å². The zero-order valence-corrected chi connectivity index (χ0v) is 17.4. The van der Waals surface area contributed by atoms with Crippen LogP contribution in [0.2, 0.25) is 5.02 Å². The third kappa shape index (κ3) is 4.79. The second-order valence-corrected chi connectivity index (χ2v) is 7.46.